The first-order valence-electron chi connectivity index (χ1n) is 16.4. The van der Waals surface area contributed by atoms with Gasteiger partial charge in [0.25, 0.3) is 0 Å². The van der Waals surface area contributed by atoms with E-state index in [2.05, 4.69) is 75.2 Å². The number of ketones is 1. The number of hydrogen-bond donors (Lipinski definition) is 2. The number of piperidine rings is 1. The van der Waals surface area contributed by atoms with E-state index in [-0.39, 0.29) is 11.8 Å². The second-order valence-electron chi connectivity index (χ2n) is 13.8. The summed E-state index contributed by atoms with van der Waals surface area (Å²) in [6, 6.07) is 27.2. The summed E-state index contributed by atoms with van der Waals surface area (Å²) in [7, 11) is 0. The van der Waals surface area contributed by atoms with Crippen molar-refractivity contribution in [1.29, 1.82) is 0 Å². The molecule has 2 N–H and O–H groups in total. The molecule has 2 aromatic heterocycles. The Hall–Kier alpha value is -4.73. The summed E-state index contributed by atoms with van der Waals surface area (Å²) in [4.78, 5) is 32.7. The molecule has 10 rings (SSSR count). The average Bonchev–Trinajstić information content (AvgIpc) is 3.70. The average molecular weight is 588 g/mol. The van der Waals surface area contributed by atoms with E-state index < -0.39 is 0 Å². The quantitative estimate of drug-likeness (QED) is 0.162. The highest BCUT2D eigenvalue weighted by molar-refractivity contribution is 6.04. The smallest absolute Gasteiger partial charge is 0.176 e. The first-order valence-corrected chi connectivity index (χ1v) is 16.4. The van der Waals surface area contributed by atoms with Crippen molar-refractivity contribution in [2.24, 2.45) is 17.8 Å². The first kappa shape index (κ1) is 25.6. The topological polar surface area (TPSA) is 77.7 Å². The normalized spacial score (nSPS) is 26.6. The zero-order valence-corrected chi connectivity index (χ0v) is 25.0. The highest BCUT2D eigenvalue weighted by Crippen LogP contribution is 2.57. The van der Waals surface area contributed by atoms with Crippen LogP contribution in [0.15, 0.2) is 78.9 Å². The lowest BCUT2D eigenvalue weighted by molar-refractivity contribution is 0.0899. The number of aromatic nitrogens is 4. The van der Waals surface area contributed by atoms with Crippen molar-refractivity contribution in [3.05, 3.63) is 107 Å². The van der Waals surface area contributed by atoms with Gasteiger partial charge in [-0.05, 0) is 91.6 Å². The number of fused-ring (bicyclic) bond motifs is 6. The Morgan fingerprint density at radius 3 is 2.42 bits per heavy atom. The summed E-state index contributed by atoms with van der Waals surface area (Å²) >= 11 is 0. The van der Waals surface area contributed by atoms with Crippen LogP contribution < -0.4 is 0 Å². The van der Waals surface area contributed by atoms with Crippen LogP contribution in [0.1, 0.15) is 77.2 Å². The summed E-state index contributed by atoms with van der Waals surface area (Å²) in [5.41, 5.74) is 6.88. The van der Waals surface area contributed by atoms with E-state index >= 15 is 0 Å². The lowest BCUT2D eigenvalue weighted by Gasteiger charge is -2.25. The van der Waals surface area contributed by atoms with E-state index in [1.165, 1.54) is 25.7 Å². The number of carbonyl (C=O) groups excluding carboxylic acids is 1. The van der Waals surface area contributed by atoms with Gasteiger partial charge in [0.2, 0.25) is 0 Å². The van der Waals surface area contributed by atoms with Crippen LogP contribution in [-0.4, -0.2) is 43.2 Å². The number of likely N-dealkylation sites (tertiary alicyclic amines) is 1. The molecule has 220 valence electrons. The Morgan fingerprint density at radius 1 is 0.756 bits per heavy atom. The number of rotatable bonds is 5. The maximum Gasteiger partial charge on any atom is 0.176 e. The van der Waals surface area contributed by atoms with Gasteiger partial charge in [-0.25, -0.2) is 9.97 Å². The van der Waals surface area contributed by atoms with Gasteiger partial charge in [-0.1, -0.05) is 54.3 Å². The van der Waals surface area contributed by atoms with E-state index in [9.17, 15) is 4.79 Å². The summed E-state index contributed by atoms with van der Waals surface area (Å²) < 4.78 is 0. The van der Waals surface area contributed by atoms with Crippen LogP contribution in [0.3, 0.4) is 0 Å². The Bertz CT molecular complexity index is 2210. The van der Waals surface area contributed by atoms with E-state index in [4.69, 9.17) is 9.97 Å². The van der Waals surface area contributed by atoms with Crippen LogP contribution in [0.25, 0.3) is 32.8 Å². The van der Waals surface area contributed by atoms with Gasteiger partial charge in [-0.3, -0.25) is 9.69 Å². The molecular formula is C39H33N5O. The zero-order valence-electron chi connectivity index (χ0n) is 25.0. The molecule has 6 nitrogen and oxygen atoms in total. The molecular weight excluding hydrogens is 554 g/mol. The Kier molecular flexibility index (Phi) is 5.48. The van der Waals surface area contributed by atoms with Gasteiger partial charge < -0.3 is 9.97 Å². The summed E-state index contributed by atoms with van der Waals surface area (Å²) in [5, 5.41) is 2.24. The van der Waals surface area contributed by atoms with Gasteiger partial charge >= 0.3 is 0 Å². The van der Waals surface area contributed by atoms with Crippen LogP contribution in [0.5, 0.6) is 0 Å². The Balaban J connectivity index is 0.907. The Morgan fingerprint density at radius 2 is 1.56 bits per heavy atom. The second kappa shape index (κ2) is 9.63. The van der Waals surface area contributed by atoms with Crippen molar-refractivity contribution in [3.8, 4) is 11.8 Å². The number of Topliss-reactive ketones (excluding diaryl/α,β-unsaturated/α-hetero) is 1. The highest BCUT2D eigenvalue weighted by atomic mass is 16.1. The summed E-state index contributed by atoms with van der Waals surface area (Å²) in [6.45, 7) is 0.436. The largest absolute Gasteiger partial charge is 0.342 e. The van der Waals surface area contributed by atoms with Crippen LogP contribution >= 0.6 is 0 Å². The van der Waals surface area contributed by atoms with Gasteiger partial charge in [0.15, 0.2) is 5.78 Å². The molecule has 1 saturated heterocycles. The SMILES string of the molecule is O=C(CN1[C@@H]2C[C@@H]2C[C@H]1c1nc2c(ccc3cc(C#Cc4ccc5nc(C6C[C@@H]7C[C@@H]7C6)[nH]c5c4)ccc32)[nH]1)c1ccccc1. The molecule has 1 aliphatic heterocycles. The molecule has 4 aromatic carbocycles. The van der Waals surface area contributed by atoms with Crippen molar-refractivity contribution < 1.29 is 4.79 Å². The fraction of sp³-hybridized carbons (Fsp3) is 0.308. The molecule has 0 radical (unpaired) electrons. The van der Waals surface area contributed by atoms with Crippen molar-refractivity contribution >= 4 is 38.6 Å². The number of benzene rings is 4. The van der Waals surface area contributed by atoms with E-state index in [0.29, 0.717) is 24.4 Å². The number of carbonyl (C=O) groups is 1. The van der Waals surface area contributed by atoms with Crippen LogP contribution in [0.2, 0.25) is 0 Å². The lowest BCUT2D eigenvalue weighted by atomic mass is 10.0. The van der Waals surface area contributed by atoms with E-state index in [1.54, 1.807) is 0 Å². The van der Waals surface area contributed by atoms with Gasteiger partial charge in [0.1, 0.15) is 11.6 Å². The highest BCUT2D eigenvalue weighted by Gasteiger charge is 2.53. The minimum Gasteiger partial charge on any atom is -0.342 e. The number of nitrogens with one attached hydrogen (secondary N) is 2. The number of nitrogens with zero attached hydrogens (tertiary/aromatic N) is 3. The van der Waals surface area contributed by atoms with Gasteiger partial charge in [0.05, 0.1) is 34.7 Å². The predicted molar refractivity (Wildman–Crippen MR) is 176 cm³/mol. The molecule has 45 heavy (non-hydrogen) atoms. The minimum absolute atomic E-state index is 0.140. The van der Waals surface area contributed by atoms with E-state index in [0.717, 1.165) is 79.4 Å². The monoisotopic (exact) mass is 587 g/mol. The fourth-order valence-corrected chi connectivity index (χ4v) is 8.36. The van der Waals surface area contributed by atoms with Gasteiger partial charge in [-0.15, -0.1) is 0 Å². The predicted octanol–water partition coefficient (Wildman–Crippen LogP) is 7.52. The van der Waals surface area contributed by atoms with Crippen molar-refractivity contribution in [1.82, 2.24) is 24.8 Å². The Labute approximate surface area is 261 Å². The standard InChI is InChI=1S/C39H33N5O/c45-36(24-4-2-1-3-5-24)21-44-34-19-28(34)20-35(44)39-41-32-13-10-25-14-22(8-11-30(25)37(32)43-39)6-7-23-9-12-31-33(15-23)42-38(40-31)29-17-26-16-27(26)18-29/h1-5,8-15,26-29,34-35H,16-21H2,(H,40,42)(H,41,43)/t26-,27+,28-,29?,34-,35+/m1/s1. The molecule has 1 unspecified atom stereocenters. The number of imidazole rings is 2. The molecule has 4 fully saturated rings. The summed E-state index contributed by atoms with van der Waals surface area (Å²) in [5.74, 6) is 12.2. The van der Waals surface area contributed by atoms with Crippen molar-refractivity contribution in [2.45, 2.75) is 50.1 Å². The van der Waals surface area contributed by atoms with Crippen LogP contribution in [0.4, 0.5) is 0 Å². The third-order valence-corrected chi connectivity index (χ3v) is 10.9. The molecule has 3 saturated carbocycles. The zero-order chi connectivity index (χ0) is 29.6. The molecule has 0 bridgehead atoms. The summed E-state index contributed by atoms with van der Waals surface area (Å²) in [6.07, 6.45) is 6.25. The van der Waals surface area contributed by atoms with Crippen molar-refractivity contribution in [3.63, 3.8) is 0 Å². The molecule has 4 aliphatic rings. The first-order chi connectivity index (χ1) is 22.1. The third-order valence-electron chi connectivity index (χ3n) is 10.9. The number of H-pyrrole nitrogens is 2. The number of hydrogen-bond acceptors (Lipinski definition) is 4. The molecule has 3 heterocycles. The van der Waals surface area contributed by atoms with Crippen LogP contribution in [-0.2, 0) is 0 Å². The van der Waals surface area contributed by atoms with Crippen LogP contribution in [0, 0.1) is 29.6 Å². The fourth-order valence-electron chi connectivity index (χ4n) is 8.36. The maximum atomic E-state index is 13.1. The second-order valence-corrected chi connectivity index (χ2v) is 13.8. The lowest BCUT2D eigenvalue weighted by Crippen LogP contribution is -2.33. The molecule has 6 heteroatoms. The van der Waals surface area contributed by atoms with E-state index in [1.807, 2.05) is 30.3 Å². The molecule has 0 amide bonds. The molecule has 6 aromatic rings. The molecule has 6 atom stereocenters. The van der Waals surface area contributed by atoms with Gasteiger partial charge in [0, 0.05) is 34.0 Å². The minimum atomic E-state index is 0.140. The van der Waals surface area contributed by atoms with Crippen molar-refractivity contribution in [2.75, 3.05) is 6.54 Å². The maximum absolute atomic E-state index is 13.1. The molecule has 3 aliphatic carbocycles. The molecule has 0 spiro atoms. The third kappa shape index (κ3) is 4.41. The van der Waals surface area contributed by atoms with Gasteiger partial charge in [-0.2, -0.15) is 0 Å². The number of aromatic amines is 2.